The fourth-order valence-corrected chi connectivity index (χ4v) is 2.81. The lowest BCUT2D eigenvalue weighted by Crippen LogP contribution is -2.44. The van der Waals surface area contributed by atoms with Gasteiger partial charge in [0.05, 0.1) is 18.7 Å². The smallest absolute Gasteiger partial charge is 0.328 e. The van der Waals surface area contributed by atoms with E-state index in [0.717, 1.165) is 0 Å². The van der Waals surface area contributed by atoms with Crippen molar-refractivity contribution in [2.75, 3.05) is 13.7 Å². The number of benzene rings is 1. The van der Waals surface area contributed by atoms with Crippen molar-refractivity contribution >= 4 is 35.1 Å². The normalized spacial score (nSPS) is 15.5. The minimum Gasteiger partial charge on any atom is -0.467 e. The summed E-state index contributed by atoms with van der Waals surface area (Å²) in [5.74, 6) is 0.270. The zero-order valence-corrected chi connectivity index (χ0v) is 15.2. The molecule has 7 heteroatoms. The van der Waals surface area contributed by atoms with Gasteiger partial charge in [-0.2, -0.15) is 0 Å². The monoisotopic (exact) mass is 371 g/mol. The summed E-state index contributed by atoms with van der Waals surface area (Å²) in [6.45, 7) is 4.13. The highest BCUT2D eigenvalue weighted by molar-refractivity contribution is 6.42. The molecule has 0 fully saturated rings. The molecular weight excluding hydrogens is 353 g/mol. The number of halogens is 2. The van der Waals surface area contributed by atoms with Crippen LogP contribution in [0.2, 0.25) is 10.0 Å². The van der Waals surface area contributed by atoms with Crippen LogP contribution in [0.25, 0.3) is 0 Å². The number of amides is 1. The Kier molecular flexibility index (Phi) is 6.13. The largest absolute Gasteiger partial charge is 0.467 e. The maximum atomic E-state index is 12.3. The van der Waals surface area contributed by atoms with E-state index in [1.807, 2.05) is 13.8 Å². The molecule has 0 unspecified atom stereocenters. The van der Waals surface area contributed by atoms with E-state index in [0.29, 0.717) is 23.0 Å². The lowest BCUT2D eigenvalue weighted by molar-refractivity contribution is -0.151. The minimum absolute atomic E-state index is 0.175. The first-order valence-electron chi connectivity index (χ1n) is 7.54. The van der Waals surface area contributed by atoms with E-state index in [2.05, 4.69) is 0 Å². The van der Waals surface area contributed by atoms with Gasteiger partial charge in [0.1, 0.15) is 22.6 Å². The summed E-state index contributed by atoms with van der Waals surface area (Å²) in [5.41, 5.74) is 0. The van der Waals surface area contributed by atoms with Crippen LogP contribution in [0.1, 0.15) is 20.3 Å². The third-order valence-corrected chi connectivity index (χ3v) is 4.40. The zero-order valence-electron chi connectivity index (χ0n) is 13.7. The van der Waals surface area contributed by atoms with Crippen molar-refractivity contribution in [1.82, 2.24) is 4.90 Å². The number of methoxy groups -OCH3 is 1. The van der Waals surface area contributed by atoms with Crippen LogP contribution < -0.4 is 4.74 Å². The molecule has 24 heavy (non-hydrogen) atoms. The quantitative estimate of drug-likeness (QED) is 0.715. The molecule has 130 valence electrons. The minimum atomic E-state index is -0.644. The molecule has 1 aromatic carbocycles. The van der Waals surface area contributed by atoms with Crippen LogP contribution in [-0.4, -0.2) is 36.5 Å². The Labute approximate surface area is 151 Å². The second-order valence-electron chi connectivity index (χ2n) is 5.90. The Bertz CT molecular complexity index is 673. The van der Waals surface area contributed by atoms with Crippen molar-refractivity contribution in [3.63, 3.8) is 0 Å². The van der Waals surface area contributed by atoms with Gasteiger partial charge in [-0.3, -0.25) is 4.79 Å². The molecule has 0 bridgehead atoms. The number of esters is 1. The van der Waals surface area contributed by atoms with Gasteiger partial charge in [-0.15, -0.1) is 0 Å². The maximum absolute atomic E-state index is 12.3. The van der Waals surface area contributed by atoms with Crippen LogP contribution in [0.5, 0.6) is 5.75 Å². The number of hydrogen-bond acceptors (Lipinski definition) is 4. The maximum Gasteiger partial charge on any atom is 0.328 e. The van der Waals surface area contributed by atoms with E-state index in [4.69, 9.17) is 32.7 Å². The molecule has 1 aliphatic heterocycles. The van der Waals surface area contributed by atoms with Crippen molar-refractivity contribution in [3.8, 4) is 5.75 Å². The van der Waals surface area contributed by atoms with Gasteiger partial charge in [0.25, 0.3) is 5.91 Å². The van der Waals surface area contributed by atoms with E-state index >= 15 is 0 Å². The molecule has 0 aliphatic carbocycles. The van der Waals surface area contributed by atoms with Gasteiger partial charge in [-0.25, -0.2) is 4.79 Å². The van der Waals surface area contributed by atoms with Crippen LogP contribution in [-0.2, 0) is 14.3 Å². The SMILES string of the molecule is COC(=O)[C@H](CC(C)C)N1CC(Oc2cccc(Cl)c2Cl)=CC1=O. The van der Waals surface area contributed by atoms with E-state index in [1.165, 1.54) is 18.1 Å². The highest BCUT2D eigenvalue weighted by Gasteiger charge is 2.35. The highest BCUT2D eigenvalue weighted by atomic mass is 35.5. The van der Waals surface area contributed by atoms with E-state index in [-0.39, 0.29) is 23.4 Å². The number of ether oxygens (including phenoxy) is 2. The first-order valence-corrected chi connectivity index (χ1v) is 8.30. The molecule has 5 nitrogen and oxygen atoms in total. The number of hydrogen-bond donors (Lipinski definition) is 0. The summed E-state index contributed by atoms with van der Waals surface area (Å²) in [6, 6.07) is 4.37. The van der Waals surface area contributed by atoms with Crippen LogP contribution >= 0.6 is 23.2 Å². The number of carbonyl (C=O) groups is 2. The number of rotatable bonds is 6. The van der Waals surface area contributed by atoms with Gasteiger partial charge in [0.2, 0.25) is 0 Å². The van der Waals surface area contributed by atoms with E-state index in [1.54, 1.807) is 18.2 Å². The molecule has 1 aromatic rings. The lowest BCUT2D eigenvalue weighted by Gasteiger charge is -2.27. The Morgan fingerprint density at radius 3 is 2.67 bits per heavy atom. The molecule has 0 spiro atoms. The number of carbonyl (C=O) groups excluding carboxylic acids is 2. The molecule has 1 aliphatic rings. The molecule has 0 radical (unpaired) electrons. The molecule has 1 atom stereocenters. The van der Waals surface area contributed by atoms with Gasteiger partial charge < -0.3 is 14.4 Å². The lowest BCUT2D eigenvalue weighted by atomic mass is 10.0. The highest BCUT2D eigenvalue weighted by Crippen LogP contribution is 2.33. The van der Waals surface area contributed by atoms with Gasteiger partial charge in [-0.05, 0) is 24.5 Å². The standard InChI is InChI=1S/C17H19Cl2NO4/c1-10(2)7-13(17(22)23-3)20-9-11(8-15(20)21)24-14-6-4-5-12(18)16(14)19/h4-6,8,10,13H,7,9H2,1-3H3/t13-/m0/s1. The fourth-order valence-electron chi connectivity index (χ4n) is 2.47. The summed E-state index contributed by atoms with van der Waals surface area (Å²) in [6.07, 6.45) is 1.87. The van der Waals surface area contributed by atoms with Crippen molar-refractivity contribution < 1.29 is 19.1 Å². The predicted molar refractivity (Wildman–Crippen MR) is 92.1 cm³/mol. The van der Waals surface area contributed by atoms with Gasteiger partial charge in [-0.1, -0.05) is 43.1 Å². The molecule has 2 rings (SSSR count). The second-order valence-corrected chi connectivity index (χ2v) is 6.68. The van der Waals surface area contributed by atoms with Crippen molar-refractivity contribution in [2.24, 2.45) is 5.92 Å². The fraction of sp³-hybridized carbons (Fsp3) is 0.412. The third kappa shape index (κ3) is 4.22. The molecule has 0 N–H and O–H groups in total. The summed E-state index contributed by atoms with van der Waals surface area (Å²) in [5, 5.41) is 0.640. The molecule has 0 aromatic heterocycles. The van der Waals surface area contributed by atoms with Crippen LogP contribution in [0.3, 0.4) is 0 Å². The topological polar surface area (TPSA) is 55.8 Å². The summed E-state index contributed by atoms with van der Waals surface area (Å²) in [4.78, 5) is 25.7. The molecule has 0 saturated carbocycles. The molecular formula is C17H19Cl2NO4. The average molecular weight is 372 g/mol. The number of nitrogens with zero attached hydrogens (tertiary/aromatic N) is 1. The van der Waals surface area contributed by atoms with Crippen molar-refractivity contribution in [1.29, 1.82) is 0 Å². The van der Waals surface area contributed by atoms with Crippen molar-refractivity contribution in [3.05, 3.63) is 40.1 Å². The van der Waals surface area contributed by atoms with Crippen LogP contribution in [0.4, 0.5) is 0 Å². The van der Waals surface area contributed by atoms with Crippen LogP contribution in [0.15, 0.2) is 30.0 Å². The average Bonchev–Trinajstić information content (AvgIpc) is 2.89. The van der Waals surface area contributed by atoms with Gasteiger partial charge in [0.15, 0.2) is 0 Å². The summed E-state index contributed by atoms with van der Waals surface area (Å²) >= 11 is 12.0. The second kappa shape index (κ2) is 7.90. The third-order valence-electron chi connectivity index (χ3n) is 3.60. The Morgan fingerprint density at radius 2 is 2.04 bits per heavy atom. The molecule has 1 amide bonds. The van der Waals surface area contributed by atoms with E-state index in [9.17, 15) is 9.59 Å². The Balaban J connectivity index is 2.14. The summed E-state index contributed by atoms with van der Waals surface area (Å²) in [7, 11) is 1.31. The summed E-state index contributed by atoms with van der Waals surface area (Å²) < 4.78 is 10.5. The Morgan fingerprint density at radius 1 is 1.33 bits per heavy atom. The predicted octanol–water partition coefficient (Wildman–Crippen LogP) is 3.69. The molecule has 1 heterocycles. The van der Waals surface area contributed by atoms with Crippen molar-refractivity contribution in [2.45, 2.75) is 26.3 Å². The first kappa shape index (κ1) is 18.6. The molecule has 0 saturated heterocycles. The van der Waals surface area contributed by atoms with Gasteiger partial charge in [0, 0.05) is 6.08 Å². The van der Waals surface area contributed by atoms with Gasteiger partial charge >= 0.3 is 5.97 Å². The van der Waals surface area contributed by atoms with Crippen LogP contribution in [0, 0.1) is 5.92 Å². The Hall–Kier alpha value is -1.72. The zero-order chi connectivity index (χ0) is 17.9. The van der Waals surface area contributed by atoms with E-state index < -0.39 is 12.0 Å². The first-order chi connectivity index (χ1) is 11.3.